The van der Waals surface area contributed by atoms with Crippen molar-refractivity contribution in [2.45, 2.75) is 90.6 Å². The maximum Gasteiger partial charge on any atom is 0.221 e. The molecule has 0 aliphatic carbocycles. The SMILES string of the molecule is CC.CCCCCNC(=O)CCN1CCCC1C1CCCN1CCC(N)=O. The normalized spacial score (nSPS) is 23.1. The van der Waals surface area contributed by atoms with Gasteiger partial charge in [-0.15, -0.1) is 0 Å². The van der Waals surface area contributed by atoms with Gasteiger partial charge in [-0.1, -0.05) is 33.6 Å². The van der Waals surface area contributed by atoms with E-state index in [1.165, 1.54) is 38.5 Å². The van der Waals surface area contributed by atoms with Gasteiger partial charge in [-0.05, 0) is 45.2 Å². The third-order valence-corrected chi connectivity index (χ3v) is 5.65. The van der Waals surface area contributed by atoms with Crippen LogP contribution < -0.4 is 11.1 Å². The minimum atomic E-state index is -0.214. The largest absolute Gasteiger partial charge is 0.370 e. The second-order valence-corrected chi connectivity index (χ2v) is 7.51. The smallest absolute Gasteiger partial charge is 0.221 e. The van der Waals surface area contributed by atoms with Gasteiger partial charge in [-0.2, -0.15) is 0 Å². The molecule has 158 valence electrons. The third kappa shape index (κ3) is 8.60. The molecule has 2 rings (SSSR count). The van der Waals surface area contributed by atoms with Crippen LogP contribution in [0.3, 0.4) is 0 Å². The summed E-state index contributed by atoms with van der Waals surface area (Å²) >= 11 is 0. The van der Waals surface area contributed by atoms with Crippen LogP contribution in [0.25, 0.3) is 0 Å². The molecule has 0 radical (unpaired) electrons. The molecule has 2 fully saturated rings. The number of primary amides is 1. The second kappa shape index (κ2) is 13.9. The minimum absolute atomic E-state index is 0.179. The van der Waals surface area contributed by atoms with Crippen molar-refractivity contribution in [2.75, 3.05) is 32.7 Å². The van der Waals surface area contributed by atoms with Crippen molar-refractivity contribution in [2.24, 2.45) is 5.73 Å². The molecule has 0 saturated carbocycles. The van der Waals surface area contributed by atoms with E-state index in [9.17, 15) is 9.59 Å². The highest BCUT2D eigenvalue weighted by molar-refractivity contribution is 5.76. The molecule has 2 heterocycles. The first-order chi connectivity index (χ1) is 13.1. The molecule has 0 aromatic heterocycles. The molecular formula is C21H42N4O2. The van der Waals surface area contributed by atoms with Crippen LogP contribution in [-0.4, -0.2) is 66.4 Å². The van der Waals surface area contributed by atoms with Gasteiger partial charge in [0.15, 0.2) is 0 Å². The summed E-state index contributed by atoms with van der Waals surface area (Å²) in [5.41, 5.74) is 5.32. The Labute approximate surface area is 166 Å². The molecule has 0 bridgehead atoms. The van der Waals surface area contributed by atoms with Crippen LogP contribution in [0.2, 0.25) is 0 Å². The maximum absolute atomic E-state index is 12.0. The van der Waals surface area contributed by atoms with Gasteiger partial charge in [0, 0.05) is 44.6 Å². The summed E-state index contributed by atoms with van der Waals surface area (Å²) in [5, 5.41) is 3.04. The average Bonchev–Trinajstić information content (AvgIpc) is 3.32. The number of hydrogen-bond donors (Lipinski definition) is 2. The van der Waals surface area contributed by atoms with Crippen LogP contribution >= 0.6 is 0 Å². The van der Waals surface area contributed by atoms with Crippen molar-refractivity contribution in [3.8, 4) is 0 Å². The van der Waals surface area contributed by atoms with Crippen molar-refractivity contribution in [3.63, 3.8) is 0 Å². The number of likely N-dealkylation sites (tertiary alicyclic amines) is 2. The summed E-state index contributed by atoms with van der Waals surface area (Å²) in [6, 6.07) is 1.05. The van der Waals surface area contributed by atoms with E-state index in [1.807, 2.05) is 13.8 Å². The molecule has 2 atom stereocenters. The van der Waals surface area contributed by atoms with Crippen LogP contribution in [0.4, 0.5) is 0 Å². The standard InChI is InChI=1S/C19H36N4O2.C2H6/c1-2-3-4-11-21-19(25)10-15-23-13-6-8-17(23)16-7-5-12-22(16)14-9-18(20)24;1-2/h16-17H,2-15H2,1H3,(H2,20,24)(H,21,25);1-2H3. The molecule has 2 aliphatic heterocycles. The van der Waals surface area contributed by atoms with E-state index < -0.39 is 0 Å². The first-order valence-corrected chi connectivity index (χ1v) is 11.1. The average molecular weight is 383 g/mol. The molecule has 2 amide bonds. The van der Waals surface area contributed by atoms with Gasteiger partial charge in [0.2, 0.25) is 11.8 Å². The van der Waals surface area contributed by atoms with Crippen molar-refractivity contribution in [1.82, 2.24) is 15.1 Å². The van der Waals surface area contributed by atoms with Gasteiger partial charge >= 0.3 is 0 Å². The van der Waals surface area contributed by atoms with E-state index in [0.717, 1.165) is 39.1 Å². The molecule has 0 aromatic carbocycles. The maximum atomic E-state index is 12.0. The number of amides is 2. The highest BCUT2D eigenvalue weighted by Gasteiger charge is 2.37. The van der Waals surface area contributed by atoms with E-state index in [-0.39, 0.29) is 11.8 Å². The Bertz CT molecular complexity index is 430. The van der Waals surface area contributed by atoms with Crippen molar-refractivity contribution in [1.29, 1.82) is 0 Å². The summed E-state index contributed by atoms with van der Waals surface area (Å²) in [6.45, 7) is 10.8. The predicted molar refractivity (Wildman–Crippen MR) is 112 cm³/mol. The summed E-state index contributed by atoms with van der Waals surface area (Å²) in [6.07, 6.45) is 9.29. The number of carbonyl (C=O) groups is 2. The predicted octanol–water partition coefficient (Wildman–Crippen LogP) is 2.51. The Morgan fingerprint density at radius 3 is 2.04 bits per heavy atom. The van der Waals surface area contributed by atoms with Gasteiger partial charge < -0.3 is 11.1 Å². The first-order valence-electron chi connectivity index (χ1n) is 11.1. The summed E-state index contributed by atoms with van der Waals surface area (Å²) in [4.78, 5) is 28.1. The van der Waals surface area contributed by atoms with Gasteiger partial charge in [-0.25, -0.2) is 0 Å². The van der Waals surface area contributed by atoms with E-state index in [2.05, 4.69) is 22.0 Å². The number of nitrogens with zero attached hydrogens (tertiary/aromatic N) is 2. The Morgan fingerprint density at radius 2 is 1.52 bits per heavy atom. The van der Waals surface area contributed by atoms with Crippen LogP contribution in [-0.2, 0) is 9.59 Å². The summed E-state index contributed by atoms with van der Waals surface area (Å²) in [5.74, 6) is -0.0348. The summed E-state index contributed by atoms with van der Waals surface area (Å²) < 4.78 is 0. The lowest BCUT2D eigenvalue weighted by Crippen LogP contribution is -2.47. The van der Waals surface area contributed by atoms with Crippen molar-refractivity contribution in [3.05, 3.63) is 0 Å². The van der Waals surface area contributed by atoms with Crippen LogP contribution in [0.1, 0.15) is 78.6 Å². The molecule has 0 spiro atoms. The van der Waals surface area contributed by atoms with Crippen molar-refractivity contribution >= 4 is 11.8 Å². The number of hydrogen-bond acceptors (Lipinski definition) is 4. The Kier molecular flexibility index (Phi) is 12.3. The molecule has 2 aliphatic rings. The number of rotatable bonds is 11. The second-order valence-electron chi connectivity index (χ2n) is 7.51. The molecule has 2 unspecified atom stereocenters. The van der Waals surface area contributed by atoms with Gasteiger partial charge in [-0.3, -0.25) is 19.4 Å². The number of unbranched alkanes of at least 4 members (excludes halogenated alkanes) is 2. The fourth-order valence-corrected chi connectivity index (χ4v) is 4.32. The topological polar surface area (TPSA) is 78.7 Å². The fourth-order valence-electron chi connectivity index (χ4n) is 4.32. The molecular weight excluding hydrogens is 340 g/mol. The lowest BCUT2D eigenvalue weighted by molar-refractivity contribution is -0.121. The highest BCUT2D eigenvalue weighted by Crippen LogP contribution is 2.30. The van der Waals surface area contributed by atoms with Gasteiger partial charge in [0.05, 0.1) is 0 Å². The zero-order chi connectivity index (χ0) is 20.1. The van der Waals surface area contributed by atoms with Crippen LogP contribution in [0.5, 0.6) is 0 Å². The first kappa shape index (κ1) is 23.9. The molecule has 6 nitrogen and oxygen atoms in total. The van der Waals surface area contributed by atoms with Crippen molar-refractivity contribution < 1.29 is 9.59 Å². The zero-order valence-electron chi connectivity index (χ0n) is 17.8. The monoisotopic (exact) mass is 382 g/mol. The Hall–Kier alpha value is -1.14. The van der Waals surface area contributed by atoms with Crippen LogP contribution in [0, 0.1) is 0 Å². The Balaban J connectivity index is 0.00000176. The van der Waals surface area contributed by atoms with Gasteiger partial charge in [0.1, 0.15) is 0 Å². The molecule has 27 heavy (non-hydrogen) atoms. The zero-order valence-corrected chi connectivity index (χ0v) is 17.8. The van der Waals surface area contributed by atoms with Crippen LogP contribution in [0.15, 0.2) is 0 Å². The highest BCUT2D eigenvalue weighted by atomic mass is 16.1. The number of nitrogens with two attached hydrogens (primary N) is 1. The Morgan fingerprint density at radius 1 is 0.963 bits per heavy atom. The van der Waals surface area contributed by atoms with E-state index in [4.69, 9.17) is 5.73 Å². The minimum Gasteiger partial charge on any atom is -0.370 e. The lowest BCUT2D eigenvalue weighted by atomic mass is 10.0. The molecule has 3 N–H and O–H groups in total. The van der Waals surface area contributed by atoms with Gasteiger partial charge in [0.25, 0.3) is 0 Å². The van der Waals surface area contributed by atoms with E-state index >= 15 is 0 Å². The molecule has 2 saturated heterocycles. The summed E-state index contributed by atoms with van der Waals surface area (Å²) in [7, 11) is 0. The molecule has 0 aromatic rings. The van der Waals surface area contributed by atoms with E-state index in [0.29, 0.717) is 24.9 Å². The lowest BCUT2D eigenvalue weighted by Gasteiger charge is -2.35. The quantitative estimate of drug-likeness (QED) is 0.538. The fraction of sp³-hybridized carbons (Fsp3) is 0.905. The van der Waals surface area contributed by atoms with E-state index in [1.54, 1.807) is 0 Å². The number of carbonyl (C=O) groups excluding carboxylic acids is 2. The number of nitrogens with one attached hydrogen (secondary N) is 1. The molecule has 6 heteroatoms. The third-order valence-electron chi connectivity index (χ3n) is 5.65.